The van der Waals surface area contributed by atoms with E-state index in [1.807, 2.05) is 24.3 Å². The predicted molar refractivity (Wildman–Crippen MR) is 565 cm³/mol. The first-order chi connectivity index (χ1) is 67.5. The van der Waals surface area contributed by atoms with Crippen molar-refractivity contribution in [3.05, 3.63) is 118 Å². The van der Waals surface area contributed by atoms with Crippen LogP contribution >= 0.6 is 0 Å². The zero-order chi connectivity index (χ0) is 97.9. The number of carbonyl (C=O) groups excluding carboxylic acids is 8. The van der Waals surface area contributed by atoms with Crippen molar-refractivity contribution in [1.29, 1.82) is 0 Å². The van der Waals surface area contributed by atoms with Crippen LogP contribution < -0.4 is 5.73 Å². The van der Waals surface area contributed by atoms with Crippen LogP contribution in [0.25, 0.3) is 86.7 Å². The Morgan fingerprint density at radius 3 is 0.674 bits per heavy atom. The van der Waals surface area contributed by atoms with Crippen molar-refractivity contribution >= 4 is 140 Å². The number of ether oxygens (including phenoxy) is 2. The molecule has 3 unspecified atom stereocenters. The maximum atomic E-state index is 14.7. The van der Waals surface area contributed by atoms with Crippen LogP contribution in [0.2, 0.25) is 0 Å². The molecule has 4 amide bonds. The molecule has 0 spiro atoms. The maximum absolute atomic E-state index is 14.7. The number of esters is 4. The van der Waals surface area contributed by atoms with Crippen molar-refractivity contribution in [2.45, 2.75) is 440 Å². The number of cyclic esters (lactones) is 4. The third-order valence-electron chi connectivity index (χ3n) is 30.1. The average Bonchev–Trinajstić information content (AvgIpc) is 0.696. The van der Waals surface area contributed by atoms with Crippen LogP contribution in [0.1, 0.15) is 523 Å². The van der Waals surface area contributed by atoms with E-state index in [0.29, 0.717) is 100 Å². The number of aromatic nitrogens is 4. The van der Waals surface area contributed by atoms with Crippen molar-refractivity contribution < 1.29 is 57.7 Å². The number of fused-ring (bicyclic) bond motifs is 4. The molecule has 0 saturated carbocycles. The minimum Gasteiger partial charge on any atom is -0.481 e. The van der Waals surface area contributed by atoms with Gasteiger partial charge in [-0.25, -0.2) is 19.2 Å². The lowest BCUT2D eigenvalue weighted by Gasteiger charge is -2.32. The highest BCUT2D eigenvalue weighted by Gasteiger charge is 2.41. The van der Waals surface area contributed by atoms with E-state index in [0.717, 1.165) is 85.4 Å². The van der Waals surface area contributed by atoms with Gasteiger partial charge in [-0.3, -0.25) is 53.7 Å². The van der Waals surface area contributed by atoms with E-state index in [2.05, 4.69) is 51.5 Å². The second-order valence-corrected chi connectivity index (χ2v) is 40.8. The lowest BCUT2D eigenvalue weighted by Crippen LogP contribution is -2.43. The van der Waals surface area contributed by atoms with E-state index in [-0.39, 0.29) is 64.1 Å². The van der Waals surface area contributed by atoms with Crippen molar-refractivity contribution in [1.82, 2.24) is 29.7 Å². The Labute approximate surface area is 823 Å². The molecule has 4 aliphatic rings. The molecule has 3 atom stereocenters. The number of pyridine rings is 4. The molecule has 4 aromatic heterocycles. The summed E-state index contributed by atoms with van der Waals surface area (Å²) < 4.78 is 9.63. The topological polar surface area (TPSA) is 276 Å². The zero-order valence-corrected chi connectivity index (χ0v) is 85.6. The van der Waals surface area contributed by atoms with Crippen LogP contribution in [-0.4, -0.2) is 108 Å². The summed E-state index contributed by atoms with van der Waals surface area (Å²) in [6.45, 7) is 17.0. The number of rotatable bonds is 66. The molecule has 19 heteroatoms. The number of unbranched alkanes of at least 4 members (excludes halogenated alkanes) is 48. The monoisotopic (exact) mass is 1890 g/mol. The van der Waals surface area contributed by atoms with Gasteiger partial charge in [-0.2, -0.15) is 0 Å². The van der Waals surface area contributed by atoms with Gasteiger partial charge in [0.1, 0.15) is 0 Å². The fourth-order valence-corrected chi connectivity index (χ4v) is 22.0. The fourth-order valence-electron chi connectivity index (χ4n) is 22.0. The summed E-state index contributed by atoms with van der Waals surface area (Å²) in [5.41, 5.74) is 11.4. The molecule has 750 valence electrons. The molecule has 0 saturated heterocycles. The van der Waals surface area contributed by atoms with Crippen molar-refractivity contribution in [3.63, 3.8) is 0 Å². The number of benzene rings is 6. The number of amides is 4. The predicted octanol–water partition coefficient (Wildman–Crippen LogP) is 32.7. The van der Waals surface area contributed by atoms with E-state index >= 15 is 0 Å². The number of nitrogens with two attached hydrogens (primary N) is 1. The van der Waals surface area contributed by atoms with Gasteiger partial charge in [0.2, 0.25) is 0 Å². The Kier molecular flexibility index (Phi) is 46.3. The van der Waals surface area contributed by atoms with Gasteiger partial charge in [0.25, 0.3) is 23.6 Å². The molecule has 4 aliphatic heterocycles. The van der Waals surface area contributed by atoms with Gasteiger partial charge in [-0.15, -0.1) is 0 Å². The second kappa shape index (κ2) is 58.7. The van der Waals surface area contributed by atoms with Crippen LogP contribution in [0, 0.1) is 17.8 Å². The molecule has 138 heavy (non-hydrogen) atoms. The number of hydrogen-bond donors (Lipinski definition) is 2. The normalized spacial score (nSPS) is 14.1. The number of carboxylic acids is 1. The van der Waals surface area contributed by atoms with Gasteiger partial charge in [0.15, 0.2) is 0 Å². The van der Waals surface area contributed by atoms with Crippen molar-refractivity contribution in [3.8, 4) is 0 Å². The van der Waals surface area contributed by atoms with Gasteiger partial charge in [0.05, 0.1) is 55.4 Å². The summed E-state index contributed by atoms with van der Waals surface area (Å²) in [5, 5.41) is 15.5. The first-order valence-electron chi connectivity index (χ1n) is 55.5. The number of imide groups is 2. The van der Waals surface area contributed by atoms with Crippen LogP contribution in [0.4, 0.5) is 0 Å². The lowest BCUT2D eigenvalue weighted by atomic mass is 9.85. The second-order valence-electron chi connectivity index (χ2n) is 40.8. The maximum Gasteiger partial charge on any atom is 0.348 e. The molecule has 0 radical (unpaired) electrons. The molecule has 0 aliphatic carbocycles. The quantitative estimate of drug-likeness (QED) is 0.00895. The Morgan fingerprint density at radius 1 is 0.261 bits per heavy atom. The zero-order valence-electron chi connectivity index (χ0n) is 85.6. The Morgan fingerprint density at radius 2 is 0.449 bits per heavy atom. The molecular formula is C119H167N7O12. The Hall–Kier alpha value is -9.49. The van der Waals surface area contributed by atoms with E-state index < -0.39 is 29.8 Å². The molecule has 0 fully saturated rings. The van der Waals surface area contributed by atoms with Gasteiger partial charge in [0, 0.05) is 120 Å². The van der Waals surface area contributed by atoms with Crippen LogP contribution in [-0.2, 0) is 14.3 Å². The highest BCUT2D eigenvalue weighted by molar-refractivity contribution is 6.41. The lowest BCUT2D eigenvalue weighted by molar-refractivity contribution is -0.136. The van der Waals surface area contributed by atoms with Gasteiger partial charge in [-0.1, -0.05) is 419 Å². The van der Waals surface area contributed by atoms with Crippen LogP contribution in [0.3, 0.4) is 0 Å². The molecule has 8 heterocycles. The molecule has 10 aromatic rings. The summed E-state index contributed by atoms with van der Waals surface area (Å²) in [7, 11) is 0. The summed E-state index contributed by atoms with van der Waals surface area (Å²) in [6, 6.07) is 14.3. The van der Waals surface area contributed by atoms with E-state index in [1.165, 1.54) is 356 Å². The molecule has 14 rings (SSSR count). The highest BCUT2D eigenvalue weighted by Crippen LogP contribution is 2.48. The standard InChI is InChI=1S/C70H104N4O4.C24H51N.C22H6N2O6.C3H6O2/c1-5-9-13-17-21-25-27-31-35-39-43-53(41-37-33-29-23-19-15-11-7-3)51-73-67(75)57-47-45-55-63-61(57)59(69(73)77)49-71-65(63)56-46-48-58-62-60(50-72-66(55)64(56)62)70(78)74(68(58)76)52-54(42-38-34-30-24-20-16-12-8-4)44-40-36-32-28-26-22-18-14-10-6-2;1-3-5-7-9-11-13-14-16-18-20-22-24(23-25)21-19-17-15-12-10-8-6-4-2;25-19-9-3-1-7-15-13(9)11(21(27)29-19)6-24-18(15)8-2-4-10-14-12(22(28)30-20(10)26)5-23-17(7)16(8)14;1-2-3(4)5/h45-50,53-54H,5-44,51-52H2,1-4H3;24H,3-23,25H2,1-2H3;1-6H;2H2,1H3,(H,4,5). The number of hydrogen-bond acceptors (Lipinski definition) is 16. The number of nitrogens with zero attached hydrogens (tertiary/aromatic N) is 6. The minimum atomic E-state index is -0.749. The SMILES string of the molecule is CCC(=O)O.CCCCCCCCCCCCC(CCCCCCCCCC)CN1C(=O)c2ccc3c4ncc5c6c(ccc(c7ncc(c2c37)C1=O)c64)C(=O)N(CC(CCCCCCCCCC)CCCCCCCCCCCC)C5=O.CCCCCCCCCCCCC(CN)CCCCCCCCCC.O=C1OC(=O)c2cnc3c4ccc5c6c(cnc(c7ccc1c2c73)c64)C(=O)OC5=O. The third kappa shape index (κ3) is 29.4. The highest BCUT2D eigenvalue weighted by atomic mass is 16.6. The van der Waals surface area contributed by atoms with E-state index in [9.17, 15) is 43.2 Å². The molecule has 19 nitrogen and oxygen atoms in total. The number of carboxylic acid groups (broad SMARTS) is 1. The minimum absolute atomic E-state index is 0.206. The van der Waals surface area contributed by atoms with Crippen molar-refractivity contribution in [2.75, 3.05) is 19.6 Å². The van der Waals surface area contributed by atoms with Gasteiger partial charge >= 0.3 is 29.8 Å². The van der Waals surface area contributed by atoms with Gasteiger partial charge < -0.3 is 20.3 Å². The molecular weight excluding hydrogens is 1720 g/mol. The summed E-state index contributed by atoms with van der Waals surface area (Å²) in [4.78, 5) is 140. The average molecular weight is 1890 g/mol. The molecule has 6 aromatic carbocycles. The summed E-state index contributed by atoms with van der Waals surface area (Å²) in [5.74, 6) is -3.33. The molecule has 3 N–H and O–H groups in total. The fraction of sp³-hybridized carbons (Fsp3) is 0.622. The van der Waals surface area contributed by atoms with E-state index in [4.69, 9.17) is 30.3 Å². The summed E-state index contributed by atoms with van der Waals surface area (Å²) >= 11 is 0. The summed E-state index contributed by atoms with van der Waals surface area (Å²) in [6.07, 6.45) is 84.9. The third-order valence-corrected chi connectivity index (χ3v) is 30.1. The largest absolute Gasteiger partial charge is 0.481 e. The van der Waals surface area contributed by atoms with Crippen LogP contribution in [0.15, 0.2) is 73.3 Å². The number of carbonyl (C=O) groups is 9. The van der Waals surface area contributed by atoms with E-state index in [1.54, 1.807) is 43.6 Å². The van der Waals surface area contributed by atoms with Crippen molar-refractivity contribution in [2.24, 2.45) is 23.5 Å². The Bertz CT molecular complexity index is 5040. The molecule has 0 bridgehead atoms. The Balaban J connectivity index is 0.000000244. The number of aliphatic carboxylic acids is 1. The van der Waals surface area contributed by atoms with Gasteiger partial charge in [-0.05, 0) is 87.1 Å². The first kappa shape index (κ1) is 109. The first-order valence-corrected chi connectivity index (χ1v) is 55.5. The smallest absolute Gasteiger partial charge is 0.348 e. The van der Waals surface area contributed by atoms with Crippen LogP contribution in [0.5, 0.6) is 0 Å².